The summed E-state index contributed by atoms with van der Waals surface area (Å²) in [4.78, 5) is 13.9. The lowest BCUT2D eigenvalue weighted by Gasteiger charge is -2.33. The second-order valence-electron chi connectivity index (χ2n) is 7.34. The molecule has 0 unspecified atom stereocenters. The van der Waals surface area contributed by atoms with Gasteiger partial charge in [0.15, 0.2) is 5.16 Å². The lowest BCUT2D eigenvalue weighted by Crippen LogP contribution is -2.42. The summed E-state index contributed by atoms with van der Waals surface area (Å²) in [5.74, 6) is 1.63. The maximum absolute atomic E-state index is 12.1. The highest BCUT2D eigenvalue weighted by Gasteiger charge is 2.27. The molecule has 0 radical (unpaired) electrons. The van der Waals surface area contributed by atoms with E-state index in [1.165, 1.54) is 0 Å². The molecule has 1 aliphatic heterocycles. The Hall–Kier alpha value is -1.24. The molecule has 0 atom stereocenters. The van der Waals surface area contributed by atoms with Crippen LogP contribution in [0.1, 0.15) is 53.5 Å². The number of carbonyl (C=O) groups is 1. The standard InChI is InChI=1S/C16H28N4O2S/c1-12(2)20-11-17-18-14(20)23-10-13-6-8-19(9-7-13)15(21)22-16(3,4)5/h11-13H,6-10H2,1-5H3. The molecule has 130 valence electrons. The van der Waals surface area contributed by atoms with Gasteiger partial charge >= 0.3 is 6.09 Å². The van der Waals surface area contributed by atoms with Gasteiger partial charge in [-0.3, -0.25) is 0 Å². The van der Waals surface area contributed by atoms with Crippen molar-refractivity contribution in [3.8, 4) is 0 Å². The van der Waals surface area contributed by atoms with Crippen molar-refractivity contribution in [1.82, 2.24) is 19.7 Å². The van der Waals surface area contributed by atoms with E-state index in [4.69, 9.17) is 4.74 Å². The molecular weight excluding hydrogens is 312 g/mol. The summed E-state index contributed by atoms with van der Waals surface area (Å²) >= 11 is 1.76. The summed E-state index contributed by atoms with van der Waals surface area (Å²) < 4.78 is 7.53. The molecule has 2 heterocycles. The van der Waals surface area contributed by atoms with Crippen molar-refractivity contribution >= 4 is 17.9 Å². The first-order chi connectivity index (χ1) is 10.8. The van der Waals surface area contributed by atoms with Gasteiger partial charge in [-0.25, -0.2) is 4.79 Å². The van der Waals surface area contributed by atoms with E-state index >= 15 is 0 Å². The molecule has 6 nitrogen and oxygen atoms in total. The maximum atomic E-state index is 12.1. The molecule has 1 saturated heterocycles. The molecule has 1 fully saturated rings. The van der Waals surface area contributed by atoms with Crippen molar-refractivity contribution < 1.29 is 9.53 Å². The minimum atomic E-state index is -0.426. The van der Waals surface area contributed by atoms with E-state index in [-0.39, 0.29) is 6.09 Å². The predicted octanol–water partition coefficient (Wildman–Crippen LogP) is 3.60. The van der Waals surface area contributed by atoms with Crippen LogP contribution in [0.3, 0.4) is 0 Å². The number of piperidine rings is 1. The van der Waals surface area contributed by atoms with Crippen molar-refractivity contribution in [2.75, 3.05) is 18.8 Å². The molecule has 0 spiro atoms. The van der Waals surface area contributed by atoms with E-state index < -0.39 is 5.60 Å². The summed E-state index contributed by atoms with van der Waals surface area (Å²) in [6.45, 7) is 11.5. The summed E-state index contributed by atoms with van der Waals surface area (Å²) in [6.07, 6.45) is 3.63. The quantitative estimate of drug-likeness (QED) is 0.784. The zero-order valence-corrected chi connectivity index (χ0v) is 15.6. The summed E-state index contributed by atoms with van der Waals surface area (Å²) in [5, 5.41) is 9.18. The Morgan fingerprint density at radius 2 is 2.04 bits per heavy atom. The van der Waals surface area contributed by atoms with Crippen LogP contribution in [0.4, 0.5) is 4.79 Å². The Balaban J connectivity index is 1.77. The zero-order valence-electron chi connectivity index (χ0n) is 14.8. The van der Waals surface area contributed by atoms with E-state index in [1.54, 1.807) is 18.1 Å². The minimum Gasteiger partial charge on any atom is -0.444 e. The van der Waals surface area contributed by atoms with E-state index in [0.717, 1.165) is 36.8 Å². The molecule has 23 heavy (non-hydrogen) atoms. The SMILES string of the molecule is CC(C)n1cnnc1SCC1CCN(C(=O)OC(C)(C)C)CC1. The minimum absolute atomic E-state index is 0.192. The molecule has 1 aliphatic rings. The van der Waals surface area contributed by atoms with Gasteiger partial charge in [0.05, 0.1) is 0 Å². The summed E-state index contributed by atoms with van der Waals surface area (Å²) in [5.41, 5.74) is -0.426. The number of likely N-dealkylation sites (tertiary alicyclic amines) is 1. The first kappa shape index (κ1) is 18.1. The van der Waals surface area contributed by atoms with E-state index in [0.29, 0.717) is 12.0 Å². The van der Waals surface area contributed by atoms with Crippen LogP contribution in [-0.2, 0) is 4.74 Å². The molecule has 1 aromatic rings. The van der Waals surface area contributed by atoms with Crippen molar-refractivity contribution in [3.63, 3.8) is 0 Å². The third-order valence-electron chi connectivity index (χ3n) is 3.81. The molecular formula is C16H28N4O2S. The van der Waals surface area contributed by atoms with Crippen LogP contribution in [0.5, 0.6) is 0 Å². The first-order valence-corrected chi connectivity index (χ1v) is 9.25. The molecule has 0 aliphatic carbocycles. The molecule has 1 amide bonds. The zero-order chi connectivity index (χ0) is 17.0. The largest absolute Gasteiger partial charge is 0.444 e. The fraction of sp³-hybridized carbons (Fsp3) is 0.812. The second-order valence-corrected chi connectivity index (χ2v) is 8.32. The third kappa shape index (κ3) is 5.41. The number of carbonyl (C=O) groups excluding carboxylic acids is 1. The predicted molar refractivity (Wildman–Crippen MR) is 91.7 cm³/mol. The van der Waals surface area contributed by atoms with Gasteiger partial charge in [-0.1, -0.05) is 11.8 Å². The molecule has 1 aromatic heterocycles. The molecule has 0 saturated carbocycles. The van der Waals surface area contributed by atoms with E-state index in [1.807, 2.05) is 25.7 Å². The van der Waals surface area contributed by atoms with E-state index in [2.05, 4.69) is 28.6 Å². The van der Waals surface area contributed by atoms with Crippen LogP contribution in [0.25, 0.3) is 0 Å². The highest BCUT2D eigenvalue weighted by Crippen LogP contribution is 2.27. The molecule has 0 N–H and O–H groups in total. The third-order valence-corrected chi connectivity index (χ3v) is 5.00. The number of nitrogens with zero attached hydrogens (tertiary/aromatic N) is 4. The topological polar surface area (TPSA) is 60.2 Å². The van der Waals surface area contributed by atoms with Crippen LogP contribution in [-0.4, -0.2) is 50.2 Å². The van der Waals surface area contributed by atoms with Crippen LogP contribution < -0.4 is 0 Å². The monoisotopic (exact) mass is 340 g/mol. The number of hydrogen-bond acceptors (Lipinski definition) is 5. The number of amides is 1. The van der Waals surface area contributed by atoms with Crippen molar-refractivity contribution in [1.29, 1.82) is 0 Å². The lowest BCUT2D eigenvalue weighted by molar-refractivity contribution is 0.0191. The van der Waals surface area contributed by atoms with Gasteiger partial charge in [-0.15, -0.1) is 10.2 Å². The summed E-state index contributed by atoms with van der Waals surface area (Å²) in [7, 11) is 0. The van der Waals surface area contributed by atoms with Crippen LogP contribution >= 0.6 is 11.8 Å². The number of ether oxygens (including phenoxy) is 1. The molecule has 0 aromatic carbocycles. The second kappa shape index (κ2) is 7.55. The Morgan fingerprint density at radius 3 is 2.61 bits per heavy atom. The van der Waals surface area contributed by atoms with E-state index in [9.17, 15) is 4.79 Å². The van der Waals surface area contributed by atoms with Gasteiger partial charge in [-0.2, -0.15) is 0 Å². The normalized spacial score (nSPS) is 16.9. The highest BCUT2D eigenvalue weighted by atomic mass is 32.2. The van der Waals surface area contributed by atoms with Gasteiger partial charge in [0.2, 0.25) is 0 Å². The smallest absolute Gasteiger partial charge is 0.410 e. The number of hydrogen-bond donors (Lipinski definition) is 0. The maximum Gasteiger partial charge on any atom is 0.410 e. The van der Waals surface area contributed by atoms with Gasteiger partial charge in [0.25, 0.3) is 0 Å². The van der Waals surface area contributed by atoms with Gasteiger partial charge < -0.3 is 14.2 Å². The Morgan fingerprint density at radius 1 is 1.39 bits per heavy atom. The highest BCUT2D eigenvalue weighted by molar-refractivity contribution is 7.99. The fourth-order valence-electron chi connectivity index (χ4n) is 2.49. The average molecular weight is 340 g/mol. The number of rotatable bonds is 4. The Kier molecular flexibility index (Phi) is 5.95. The Labute approximate surface area is 143 Å². The van der Waals surface area contributed by atoms with Crippen molar-refractivity contribution in [3.05, 3.63) is 6.33 Å². The van der Waals surface area contributed by atoms with Gasteiger partial charge in [0, 0.05) is 24.9 Å². The van der Waals surface area contributed by atoms with Gasteiger partial charge in [-0.05, 0) is 53.4 Å². The summed E-state index contributed by atoms with van der Waals surface area (Å²) in [6, 6.07) is 0.376. The first-order valence-electron chi connectivity index (χ1n) is 8.26. The lowest BCUT2D eigenvalue weighted by atomic mass is 9.99. The molecule has 7 heteroatoms. The van der Waals surface area contributed by atoms with Gasteiger partial charge in [0.1, 0.15) is 11.9 Å². The molecule has 0 bridgehead atoms. The Bertz CT molecular complexity index is 516. The van der Waals surface area contributed by atoms with Crippen LogP contribution in [0.15, 0.2) is 11.5 Å². The van der Waals surface area contributed by atoms with Crippen molar-refractivity contribution in [2.24, 2.45) is 5.92 Å². The molecule has 2 rings (SSSR count). The number of aromatic nitrogens is 3. The fourth-order valence-corrected chi connectivity index (χ4v) is 3.72. The average Bonchev–Trinajstić information content (AvgIpc) is 2.92. The van der Waals surface area contributed by atoms with Crippen LogP contribution in [0, 0.1) is 5.92 Å². The van der Waals surface area contributed by atoms with Crippen LogP contribution in [0.2, 0.25) is 0 Å². The van der Waals surface area contributed by atoms with Crippen molar-refractivity contribution in [2.45, 2.75) is 64.3 Å². The number of thioether (sulfide) groups is 1.